The first-order valence-electron chi connectivity index (χ1n) is 5.68. The minimum absolute atomic E-state index is 0.627. The molecular weight excluding hydrogens is 204 g/mol. The van der Waals surface area contributed by atoms with E-state index in [0.717, 1.165) is 19.6 Å². The standard InChI is InChI=1S/C12H20N2S/c1-9-7-14(10(2)6-13-9)8-12-5-4-11(3)15-12/h4-5,9-10,13H,6-8H2,1-3H3. The number of thiophene rings is 1. The molecule has 1 aliphatic rings. The highest BCUT2D eigenvalue weighted by atomic mass is 32.1. The molecule has 0 aromatic carbocycles. The minimum atomic E-state index is 0.627. The smallest absolute Gasteiger partial charge is 0.0332 e. The molecule has 2 unspecified atom stereocenters. The van der Waals surface area contributed by atoms with Crippen LogP contribution >= 0.6 is 11.3 Å². The molecule has 2 rings (SSSR count). The quantitative estimate of drug-likeness (QED) is 0.829. The SMILES string of the molecule is Cc1ccc(CN2CC(C)NCC2C)s1. The maximum absolute atomic E-state index is 3.51. The molecule has 1 aromatic rings. The number of nitrogens with zero attached hydrogens (tertiary/aromatic N) is 1. The van der Waals surface area contributed by atoms with E-state index >= 15 is 0 Å². The summed E-state index contributed by atoms with van der Waals surface area (Å²) in [5.74, 6) is 0. The van der Waals surface area contributed by atoms with E-state index in [4.69, 9.17) is 0 Å². The van der Waals surface area contributed by atoms with E-state index in [9.17, 15) is 0 Å². The van der Waals surface area contributed by atoms with Crippen LogP contribution in [0, 0.1) is 6.92 Å². The highest BCUT2D eigenvalue weighted by molar-refractivity contribution is 7.11. The van der Waals surface area contributed by atoms with Crippen LogP contribution in [-0.2, 0) is 6.54 Å². The van der Waals surface area contributed by atoms with Gasteiger partial charge in [-0.1, -0.05) is 0 Å². The van der Waals surface area contributed by atoms with Gasteiger partial charge in [-0.05, 0) is 32.9 Å². The molecule has 1 aromatic heterocycles. The number of hydrogen-bond donors (Lipinski definition) is 1. The number of piperazine rings is 1. The topological polar surface area (TPSA) is 15.3 Å². The molecule has 1 aliphatic heterocycles. The van der Waals surface area contributed by atoms with Crippen LogP contribution in [0.4, 0.5) is 0 Å². The summed E-state index contributed by atoms with van der Waals surface area (Å²) in [6.07, 6.45) is 0. The van der Waals surface area contributed by atoms with Gasteiger partial charge < -0.3 is 5.32 Å². The van der Waals surface area contributed by atoms with Crippen molar-refractivity contribution in [2.24, 2.45) is 0 Å². The Labute approximate surface area is 96.3 Å². The molecule has 2 atom stereocenters. The van der Waals surface area contributed by atoms with Crippen molar-refractivity contribution >= 4 is 11.3 Å². The molecule has 0 aliphatic carbocycles. The van der Waals surface area contributed by atoms with Crippen molar-refractivity contribution in [2.75, 3.05) is 13.1 Å². The van der Waals surface area contributed by atoms with Gasteiger partial charge in [-0.2, -0.15) is 0 Å². The normalized spacial score (nSPS) is 28.2. The molecule has 2 heterocycles. The first-order valence-corrected chi connectivity index (χ1v) is 6.49. The maximum Gasteiger partial charge on any atom is 0.0332 e. The van der Waals surface area contributed by atoms with Gasteiger partial charge in [-0.25, -0.2) is 0 Å². The van der Waals surface area contributed by atoms with Crippen LogP contribution < -0.4 is 5.32 Å². The summed E-state index contributed by atoms with van der Waals surface area (Å²) in [5.41, 5.74) is 0. The van der Waals surface area contributed by atoms with E-state index in [1.54, 1.807) is 0 Å². The Morgan fingerprint density at radius 3 is 2.93 bits per heavy atom. The molecule has 1 saturated heterocycles. The van der Waals surface area contributed by atoms with Crippen LogP contribution in [0.25, 0.3) is 0 Å². The Kier molecular flexibility index (Phi) is 3.44. The Morgan fingerprint density at radius 2 is 2.27 bits per heavy atom. The summed E-state index contributed by atoms with van der Waals surface area (Å²) in [6.45, 7) is 10.1. The second-order valence-electron chi connectivity index (χ2n) is 4.60. The number of hydrogen-bond acceptors (Lipinski definition) is 3. The molecule has 0 saturated carbocycles. The maximum atomic E-state index is 3.51. The van der Waals surface area contributed by atoms with Crippen LogP contribution in [0.2, 0.25) is 0 Å². The molecule has 0 amide bonds. The van der Waals surface area contributed by atoms with Crippen LogP contribution in [0.15, 0.2) is 12.1 Å². The third-order valence-corrected chi connectivity index (χ3v) is 4.03. The zero-order valence-corrected chi connectivity index (χ0v) is 10.6. The first-order chi connectivity index (χ1) is 7.15. The van der Waals surface area contributed by atoms with E-state index in [1.165, 1.54) is 9.75 Å². The van der Waals surface area contributed by atoms with Gasteiger partial charge in [0.05, 0.1) is 0 Å². The van der Waals surface area contributed by atoms with Gasteiger partial charge in [0.25, 0.3) is 0 Å². The lowest BCUT2D eigenvalue weighted by atomic mass is 10.1. The van der Waals surface area contributed by atoms with Crippen LogP contribution in [0.1, 0.15) is 23.6 Å². The number of nitrogens with one attached hydrogen (secondary N) is 1. The summed E-state index contributed by atoms with van der Waals surface area (Å²) in [6, 6.07) is 5.77. The summed E-state index contributed by atoms with van der Waals surface area (Å²) in [4.78, 5) is 5.49. The van der Waals surface area contributed by atoms with Crippen molar-refractivity contribution in [3.8, 4) is 0 Å². The molecule has 0 bridgehead atoms. The van der Waals surface area contributed by atoms with Crippen molar-refractivity contribution in [3.63, 3.8) is 0 Å². The van der Waals surface area contributed by atoms with Gasteiger partial charge in [0, 0.05) is 41.5 Å². The Morgan fingerprint density at radius 1 is 1.47 bits per heavy atom. The average Bonchev–Trinajstić information content (AvgIpc) is 2.58. The van der Waals surface area contributed by atoms with Crippen LogP contribution in [-0.4, -0.2) is 30.1 Å². The number of aryl methyl sites for hydroxylation is 1. The van der Waals surface area contributed by atoms with Gasteiger partial charge >= 0.3 is 0 Å². The molecule has 1 N–H and O–H groups in total. The van der Waals surface area contributed by atoms with E-state index in [0.29, 0.717) is 12.1 Å². The van der Waals surface area contributed by atoms with Crippen molar-refractivity contribution in [1.29, 1.82) is 0 Å². The van der Waals surface area contributed by atoms with Gasteiger partial charge in [0.15, 0.2) is 0 Å². The fourth-order valence-electron chi connectivity index (χ4n) is 2.09. The van der Waals surface area contributed by atoms with E-state index < -0.39 is 0 Å². The highest BCUT2D eigenvalue weighted by Gasteiger charge is 2.22. The molecule has 1 fully saturated rings. The van der Waals surface area contributed by atoms with E-state index in [-0.39, 0.29) is 0 Å². The third kappa shape index (κ3) is 2.80. The summed E-state index contributed by atoms with van der Waals surface area (Å²) in [5, 5.41) is 3.51. The average molecular weight is 224 g/mol. The van der Waals surface area contributed by atoms with Gasteiger partial charge in [-0.15, -0.1) is 11.3 Å². The fourth-order valence-corrected chi connectivity index (χ4v) is 3.00. The highest BCUT2D eigenvalue weighted by Crippen LogP contribution is 2.19. The Bertz CT molecular complexity index is 321. The third-order valence-electron chi connectivity index (χ3n) is 3.05. The summed E-state index contributed by atoms with van der Waals surface area (Å²) in [7, 11) is 0. The van der Waals surface area contributed by atoms with E-state index in [1.807, 2.05) is 11.3 Å². The second-order valence-corrected chi connectivity index (χ2v) is 5.97. The molecule has 84 valence electrons. The lowest BCUT2D eigenvalue weighted by Gasteiger charge is -2.37. The summed E-state index contributed by atoms with van der Waals surface area (Å²) >= 11 is 1.92. The minimum Gasteiger partial charge on any atom is -0.311 e. The molecule has 0 radical (unpaired) electrons. The summed E-state index contributed by atoms with van der Waals surface area (Å²) < 4.78 is 0. The van der Waals surface area contributed by atoms with E-state index in [2.05, 4.69) is 43.1 Å². The van der Waals surface area contributed by atoms with Crippen LogP contribution in [0.5, 0.6) is 0 Å². The lowest BCUT2D eigenvalue weighted by molar-refractivity contribution is 0.140. The van der Waals surface area contributed by atoms with Gasteiger partial charge in [0.1, 0.15) is 0 Å². The number of rotatable bonds is 2. The fraction of sp³-hybridized carbons (Fsp3) is 0.667. The molecule has 2 nitrogen and oxygen atoms in total. The predicted octanol–water partition coefficient (Wildman–Crippen LogP) is 2.24. The second kappa shape index (κ2) is 4.64. The molecule has 0 spiro atoms. The largest absolute Gasteiger partial charge is 0.311 e. The van der Waals surface area contributed by atoms with Crippen molar-refractivity contribution in [2.45, 2.75) is 39.4 Å². The lowest BCUT2D eigenvalue weighted by Crippen LogP contribution is -2.53. The molecule has 15 heavy (non-hydrogen) atoms. The Hall–Kier alpha value is -0.380. The molecule has 3 heteroatoms. The van der Waals surface area contributed by atoms with Crippen molar-refractivity contribution in [3.05, 3.63) is 21.9 Å². The Balaban J connectivity index is 1.98. The first kappa shape index (κ1) is 11.1. The monoisotopic (exact) mass is 224 g/mol. The zero-order chi connectivity index (χ0) is 10.8. The molecular formula is C12H20N2S. The van der Waals surface area contributed by atoms with Crippen LogP contribution in [0.3, 0.4) is 0 Å². The van der Waals surface area contributed by atoms with Crippen molar-refractivity contribution in [1.82, 2.24) is 10.2 Å². The predicted molar refractivity (Wildman–Crippen MR) is 66.4 cm³/mol. The van der Waals surface area contributed by atoms with Crippen molar-refractivity contribution < 1.29 is 0 Å². The zero-order valence-electron chi connectivity index (χ0n) is 9.79. The van der Waals surface area contributed by atoms with Gasteiger partial charge in [0.2, 0.25) is 0 Å². The van der Waals surface area contributed by atoms with Gasteiger partial charge in [-0.3, -0.25) is 4.90 Å².